The van der Waals surface area contributed by atoms with Crippen LogP contribution in [-0.2, 0) is 6.54 Å². The summed E-state index contributed by atoms with van der Waals surface area (Å²) in [5.74, 6) is -2.41. The van der Waals surface area contributed by atoms with Gasteiger partial charge >= 0.3 is 0 Å². The van der Waals surface area contributed by atoms with Gasteiger partial charge in [-0.15, -0.1) is 0 Å². The molecule has 0 aromatic heterocycles. The SMILES string of the molecule is FC(F)Sc1ccc(NCc2c(Cl)cccc2Cl)cc1. The van der Waals surface area contributed by atoms with Gasteiger partial charge in [0.05, 0.1) is 0 Å². The molecule has 0 unspecified atom stereocenters. The van der Waals surface area contributed by atoms with E-state index in [2.05, 4.69) is 5.32 Å². The lowest BCUT2D eigenvalue weighted by atomic mass is 10.2. The van der Waals surface area contributed by atoms with Crippen molar-refractivity contribution in [1.29, 1.82) is 0 Å². The van der Waals surface area contributed by atoms with Crippen LogP contribution in [0, 0.1) is 0 Å². The summed E-state index contributed by atoms with van der Waals surface area (Å²) in [6.07, 6.45) is 0. The zero-order valence-electron chi connectivity index (χ0n) is 10.2. The van der Waals surface area contributed by atoms with Crippen molar-refractivity contribution in [2.45, 2.75) is 17.2 Å². The van der Waals surface area contributed by atoms with E-state index in [-0.39, 0.29) is 0 Å². The third-order valence-corrected chi connectivity index (χ3v) is 4.04. The summed E-state index contributed by atoms with van der Waals surface area (Å²) in [5, 5.41) is 4.34. The summed E-state index contributed by atoms with van der Waals surface area (Å²) >= 11 is 12.7. The summed E-state index contributed by atoms with van der Waals surface area (Å²) < 4.78 is 24.4. The van der Waals surface area contributed by atoms with Crippen LogP contribution < -0.4 is 5.32 Å². The summed E-state index contributed by atoms with van der Waals surface area (Å²) in [6, 6.07) is 12.1. The lowest BCUT2D eigenvalue weighted by molar-refractivity contribution is 0.252. The zero-order valence-corrected chi connectivity index (χ0v) is 12.6. The van der Waals surface area contributed by atoms with Crippen LogP contribution in [0.1, 0.15) is 5.56 Å². The van der Waals surface area contributed by atoms with Gasteiger partial charge in [0.25, 0.3) is 5.76 Å². The minimum atomic E-state index is -2.41. The highest BCUT2D eigenvalue weighted by atomic mass is 35.5. The van der Waals surface area contributed by atoms with E-state index in [0.717, 1.165) is 11.3 Å². The zero-order chi connectivity index (χ0) is 14.5. The Morgan fingerprint density at radius 2 is 1.60 bits per heavy atom. The van der Waals surface area contributed by atoms with Gasteiger partial charge in [-0.3, -0.25) is 0 Å². The number of anilines is 1. The fourth-order valence-electron chi connectivity index (χ4n) is 1.65. The van der Waals surface area contributed by atoms with Gasteiger partial charge in [-0.1, -0.05) is 41.0 Å². The van der Waals surface area contributed by atoms with Crippen molar-refractivity contribution in [1.82, 2.24) is 0 Å². The summed E-state index contributed by atoms with van der Waals surface area (Å²) in [6.45, 7) is 0.472. The molecule has 1 N–H and O–H groups in total. The summed E-state index contributed by atoms with van der Waals surface area (Å²) in [7, 11) is 0. The first kappa shape index (κ1) is 15.4. The molecule has 0 saturated carbocycles. The third kappa shape index (κ3) is 4.27. The van der Waals surface area contributed by atoms with Crippen LogP contribution in [0.5, 0.6) is 0 Å². The number of benzene rings is 2. The van der Waals surface area contributed by atoms with Gasteiger partial charge in [0, 0.05) is 32.7 Å². The van der Waals surface area contributed by atoms with E-state index in [4.69, 9.17) is 23.2 Å². The van der Waals surface area contributed by atoms with Crippen molar-refractivity contribution in [3.8, 4) is 0 Å². The molecule has 2 rings (SSSR count). The molecule has 1 nitrogen and oxygen atoms in total. The molecule has 20 heavy (non-hydrogen) atoms. The molecule has 0 radical (unpaired) electrons. The number of nitrogens with one attached hydrogen (secondary N) is 1. The van der Waals surface area contributed by atoms with E-state index < -0.39 is 5.76 Å². The second-order valence-corrected chi connectivity index (χ2v) is 5.83. The Hall–Kier alpha value is -0.970. The molecule has 106 valence electrons. The third-order valence-electron chi connectivity index (χ3n) is 2.61. The number of rotatable bonds is 5. The molecule has 0 fully saturated rings. The van der Waals surface area contributed by atoms with Gasteiger partial charge in [0.15, 0.2) is 0 Å². The van der Waals surface area contributed by atoms with E-state index >= 15 is 0 Å². The van der Waals surface area contributed by atoms with Gasteiger partial charge < -0.3 is 5.32 Å². The number of alkyl halides is 2. The van der Waals surface area contributed by atoms with Crippen molar-refractivity contribution >= 4 is 40.7 Å². The van der Waals surface area contributed by atoms with Crippen LogP contribution in [0.25, 0.3) is 0 Å². The Labute approximate surface area is 130 Å². The standard InChI is InChI=1S/C14H11Cl2F2NS/c15-12-2-1-3-13(16)11(12)8-19-9-4-6-10(7-5-9)20-14(17)18/h1-7,14,19H,8H2. The van der Waals surface area contributed by atoms with E-state index in [0.29, 0.717) is 33.2 Å². The van der Waals surface area contributed by atoms with Crippen molar-refractivity contribution < 1.29 is 8.78 Å². The highest BCUT2D eigenvalue weighted by Gasteiger charge is 2.06. The van der Waals surface area contributed by atoms with E-state index in [1.807, 2.05) is 0 Å². The van der Waals surface area contributed by atoms with Crippen LogP contribution in [0.15, 0.2) is 47.4 Å². The van der Waals surface area contributed by atoms with Crippen LogP contribution in [0.2, 0.25) is 10.0 Å². The highest BCUT2D eigenvalue weighted by molar-refractivity contribution is 7.99. The second-order valence-electron chi connectivity index (χ2n) is 3.96. The maximum atomic E-state index is 12.2. The Kier molecular flexibility index (Phi) is 5.52. The maximum absolute atomic E-state index is 12.2. The minimum absolute atomic E-state index is 0.472. The maximum Gasteiger partial charge on any atom is 0.288 e. The lowest BCUT2D eigenvalue weighted by Gasteiger charge is -2.10. The topological polar surface area (TPSA) is 12.0 Å². The summed E-state index contributed by atoms with van der Waals surface area (Å²) in [4.78, 5) is 0.529. The molecule has 0 saturated heterocycles. The van der Waals surface area contributed by atoms with Gasteiger partial charge in [-0.25, -0.2) is 0 Å². The average Bonchev–Trinajstić information content (AvgIpc) is 2.39. The Morgan fingerprint density at radius 1 is 1.00 bits per heavy atom. The van der Waals surface area contributed by atoms with Crippen LogP contribution in [0.3, 0.4) is 0 Å². The normalized spacial score (nSPS) is 10.8. The van der Waals surface area contributed by atoms with Crippen LogP contribution in [-0.4, -0.2) is 5.76 Å². The molecule has 0 bridgehead atoms. The molecule has 0 aliphatic rings. The van der Waals surface area contributed by atoms with E-state index in [9.17, 15) is 8.78 Å². The molecule has 0 aliphatic heterocycles. The smallest absolute Gasteiger partial charge is 0.288 e. The largest absolute Gasteiger partial charge is 0.381 e. The van der Waals surface area contributed by atoms with E-state index in [1.165, 1.54) is 0 Å². The second kappa shape index (κ2) is 7.16. The average molecular weight is 334 g/mol. The first-order chi connectivity index (χ1) is 9.56. The molecular weight excluding hydrogens is 323 g/mol. The fraction of sp³-hybridized carbons (Fsp3) is 0.143. The molecule has 6 heteroatoms. The van der Waals surface area contributed by atoms with Crippen molar-refractivity contribution in [2.24, 2.45) is 0 Å². The molecule has 0 atom stereocenters. The van der Waals surface area contributed by atoms with Crippen molar-refractivity contribution in [2.75, 3.05) is 5.32 Å². The lowest BCUT2D eigenvalue weighted by Crippen LogP contribution is -2.00. The van der Waals surface area contributed by atoms with Gasteiger partial charge in [0.1, 0.15) is 0 Å². The van der Waals surface area contributed by atoms with Gasteiger partial charge in [-0.05, 0) is 36.4 Å². The predicted molar refractivity (Wildman–Crippen MR) is 82.1 cm³/mol. The summed E-state index contributed by atoms with van der Waals surface area (Å²) in [5.41, 5.74) is 1.63. The molecular formula is C14H11Cl2F2NS. The Bertz CT molecular complexity index is 556. The predicted octanol–water partition coefficient (Wildman–Crippen LogP) is 5.92. The number of thioether (sulfide) groups is 1. The monoisotopic (exact) mass is 333 g/mol. The van der Waals surface area contributed by atoms with Gasteiger partial charge in [0.2, 0.25) is 0 Å². The van der Waals surface area contributed by atoms with Gasteiger partial charge in [-0.2, -0.15) is 8.78 Å². The quantitative estimate of drug-likeness (QED) is 0.681. The molecule has 0 spiro atoms. The Morgan fingerprint density at radius 3 is 2.15 bits per heavy atom. The van der Waals surface area contributed by atoms with Crippen LogP contribution in [0.4, 0.5) is 14.5 Å². The minimum Gasteiger partial charge on any atom is -0.381 e. The Balaban J connectivity index is 2.00. The van der Waals surface area contributed by atoms with Crippen LogP contribution >= 0.6 is 35.0 Å². The molecule has 0 amide bonds. The first-order valence-electron chi connectivity index (χ1n) is 5.78. The molecule has 0 aliphatic carbocycles. The highest BCUT2D eigenvalue weighted by Crippen LogP contribution is 2.28. The molecule has 2 aromatic carbocycles. The molecule has 0 heterocycles. The molecule has 2 aromatic rings. The van der Waals surface area contributed by atoms with E-state index in [1.54, 1.807) is 42.5 Å². The number of halogens is 4. The number of hydrogen-bond acceptors (Lipinski definition) is 2. The fourth-order valence-corrected chi connectivity index (χ4v) is 2.68. The van der Waals surface area contributed by atoms with Crippen molar-refractivity contribution in [3.63, 3.8) is 0 Å². The number of hydrogen-bond donors (Lipinski definition) is 1. The van der Waals surface area contributed by atoms with Crippen molar-refractivity contribution in [3.05, 3.63) is 58.1 Å². The first-order valence-corrected chi connectivity index (χ1v) is 7.41.